The molecule has 2 aromatic carbocycles. The van der Waals surface area contributed by atoms with Crippen LogP contribution in [0.15, 0.2) is 47.4 Å². The van der Waals surface area contributed by atoms with Crippen molar-refractivity contribution in [1.82, 2.24) is 0 Å². The lowest BCUT2D eigenvalue weighted by atomic mass is 10.2. The summed E-state index contributed by atoms with van der Waals surface area (Å²) in [6, 6.07) is 12.0. The molecular weight excluding hydrogens is 380 g/mol. The van der Waals surface area contributed by atoms with Crippen LogP contribution in [-0.4, -0.2) is 36.8 Å². The normalized spacial score (nSPS) is 11.4. The molecular formula is C20H22N2O5S. The number of aryl methyl sites for hydroxylation is 1. The van der Waals surface area contributed by atoms with Gasteiger partial charge in [-0.3, -0.25) is 9.59 Å². The first kappa shape index (κ1) is 21.3. The SMILES string of the molecule is COc1ccc(C)cc1NC(=O)C(C)OC(=O)c1ccccc1SCC(N)=O. The van der Waals surface area contributed by atoms with Gasteiger partial charge in [-0.05, 0) is 43.7 Å². The van der Waals surface area contributed by atoms with E-state index in [1.165, 1.54) is 14.0 Å². The molecule has 0 spiro atoms. The Morgan fingerprint density at radius 1 is 1.18 bits per heavy atom. The fourth-order valence-electron chi connectivity index (χ4n) is 2.34. The Hall–Kier alpha value is -3.00. The van der Waals surface area contributed by atoms with Gasteiger partial charge in [0, 0.05) is 4.90 Å². The van der Waals surface area contributed by atoms with E-state index in [4.69, 9.17) is 15.2 Å². The average Bonchev–Trinajstić information content (AvgIpc) is 2.66. The van der Waals surface area contributed by atoms with Crippen LogP contribution in [0.4, 0.5) is 5.69 Å². The minimum absolute atomic E-state index is 0.0352. The van der Waals surface area contributed by atoms with Gasteiger partial charge in [-0.1, -0.05) is 18.2 Å². The fraction of sp³-hybridized carbons (Fsp3) is 0.250. The molecule has 2 rings (SSSR count). The fourth-order valence-corrected chi connectivity index (χ4v) is 3.12. The molecule has 0 fully saturated rings. The Morgan fingerprint density at radius 2 is 1.89 bits per heavy atom. The molecule has 0 saturated heterocycles. The molecule has 2 aromatic rings. The maximum absolute atomic E-state index is 12.5. The first-order valence-corrected chi connectivity index (χ1v) is 9.47. The molecule has 0 aliphatic rings. The molecule has 7 nitrogen and oxygen atoms in total. The number of thioether (sulfide) groups is 1. The van der Waals surface area contributed by atoms with Crippen molar-refractivity contribution in [3.05, 3.63) is 53.6 Å². The topological polar surface area (TPSA) is 108 Å². The number of rotatable bonds is 8. The van der Waals surface area contributed by atoms with Crippen LogP contribution in [-0.2, 0) is 14.3 Å². The van der Waals surface area contributed by atoms with Gasteiger partial charge in [-0.2, -0.15) is 0 Å². The lowest BCUT2D eigenvalue weighted by Crippen LogP contribution is -2.30. The summed E-state index contributed by atoms with van der Waals surface area (Å²) in [5.41, 5.74) is 6.86. The van der Waals surface area contributed by atoms with Crippen molar-refractivity contribution in [3.8, 4) is 5.75 Å². The number of carbonyl (C=O) groups is 3. The van der Waals surface area contributed by atoms with E-state index in [-0.39, 0.29) is 11.3 Å². The molecule has 1 unspecified atom stereocenters. The largest absolute Gasteiger partial charge is 0.495 e. The minimum atomic E-state index is -1.04. The Bertz CT molecular complexity index is 885. The Balaban J connectivity index is 2.07. The van der Waals surface area contributed by atoms with Crippen LogP contribution >= 0.6 is 11.8 Å². The van der Waals surface area contributed by atoms with E-state index >= 15 is 0 Å². The molecule has 0 radical (unpaired) electrons. The highest BCUT2D eigenvalue weighted by Crippen LogP contribution is 2.26. The zero-order chi connectivity index (χ0) is 20.7. The van der Waals surface area contributed by atoms with Gasteiger partial charge in [0.05, 0.1) is 24.1 Å². The van der Waals surface area contributed by atoms with Crippen molar-refractivity contribution in [3.63, 3.8) is 0 Å². The number of benzene rings is 2. The van der Waals surface area contributed by atoms with E-state index in [0.717, 1.165) is 17.3 Å². The minimum Gasteiger partial charge on any atom is -0.495 e. The highest BCUT2D eigenvalue weighted by molar-refractivity contribution is 8.00. The van der Waals surface area contributed by atoms with Crippen molar-refractivity contribution in [2.45, 2.75) is 24.8 Å². The first-order chi connectivity index (χ1) is 13.3. The van der Waals surface area contributed by atoms with Crippen LogP contribution < -0.4 is 15.8 Å². The second-order valence-electron chi connectivity index (χ2n) is 5.99. The molecule has 1 atom stereocenters. The monoisotopic (exact) mass is 402 g/mol. The van der Waals surface area contributed by atoms with Gasteiger partial charge < -0.3 is 20.5 Å². The second-order valence-corrected chi connectivity index (χ2v) is 7.01. The van der Waals surface area contributed by atoms with E-state index in [9.17, 15) is 14.4 Å². The van der Waals surface area contributed by atoms with Crippen molar-refractivity contribution in [2.75, 3.05) is 18.2 Å². The molecule has 0 heterocycles. The van der Waals surface area contributed by atoms with Gasteiger partial charge in [0.1, 0.15) is 5.75 Å². The molecule has 0 saturated carbocycles. The predicted molar refractivity (Wildman–Crippen MR) is 108 cm³/mol. The molecule has 0 aliphatic carbocycles. The van der Waals surface area contributed by atoms with Crippen LogP contribution in [0.25, 0.3) is 0 Å². The van der Waals surface area contributed by atoms with Crippen molar-refractivity contribution in [1.29, 1.82) is 0 Å². The van der Waals surface area contributed by atoms with Crippen LogP contribution in [0, 0.1) is 6.92 Å². The number of amides is 2. The quantitative estimate of drug-likeness (QED) is 0.519. The maximum atomic E-state index is 12.5. The Labute approximate surface area is 167 Å². The van der Waals surface area contributed by atoms with Gasteiger partial charge in [0.2, 0.25) is 5.91 Å². The van der Waals surface area contributed by atoms with E-state index < -0.39 is 23.9 Å². The van der Waals surface area contributed by atoms with E-state index in [1.54, 1.807) is 36.4 Å². The predicted octanol–water partition coefficient (Wildman–Crippen LogP) is 2.77. The third-order valence-electron chi connectivity index (χ3n) is 3.74. The molecule has 2 amide bonds. The van der Waals surface area contributed by atoms with Gasteiger partial charge in [0.15, 0.2) is 6.10 Å². The molecule has 148 valence electrons. The Kier molecular flexibility index (Phi) is 7.45. The maximum Gasteiger partial charge on any atom is 0.340 e. The molecule has 28 heavy (non-hydrogen) atoms. The molecule has 0 bridgehead atoms. The average molecular weight is 402 g/mol. The number of nitrogens with two attached hydrogens (primary N) is 1. The van der Waals surface area contributed by atoms with Gasteiger partial charge in [-0.25, -0.2) is 4.79 Å². The molecule has 0 aromatic heterocycles. The van der Waals surface area contributed by atoms with Gasteiger partial charge in [-0.15, -0.1) is 11.8 Å². The third kappa shape index (κ3) is 5.75. The molecule has 0 aliphatic heterocycles. The third-order valence-corrected chi connectivity index (χ3v) is 4.84. The van der Waals surface area contributed by atoms with Gasteiger partial charge >= 0.3 is 5.97 Å². The summed E-state index contributed by atoms with van der Waals surface area (Å²) < 4.78 is 10.5. The summed E-state index contributed by atoms with van der Waals surface area (Å²) >= 11 is 1.14. The molecule has 3 N–H and O–H groups in total. The van der Waals surface area contributed by atoms with Gasteiger partial charge in [0.25, 0.3) is 5.91 Å². The number of esters is 1. The van der Waals surface area contributed by atoms with E-state index in [2.05, 4.69) is 5.32 Å². The van der Waals surface area contributed by atoms with E-state index in [1.807, 2.05) is 13.0 Å². The number of hydrogen-bond donors (Lipinski definition) is 2. The zero-order valence-corrected chi connectivity index (χ0v) is 16.7. The lowest BCUT2D eigenvalue weighted by Gasteiger charge is -2.16. The van der Waals surface area contributed by atoms with Crippen LogP contribution in [0.2, 0.25) is 0 Å². The van der Waals surface area contributed by atoms with Crippen molar-refractivity contribution in [2.24, 2.45) is 5.73 Å². The highest BCUT2D eigenvalue weighted by atomic mass is 32.2. The number of anilines is 1. The highest BCUT2D eigenvalue weighted by Gasteiger charge is 2.22. The number of methoxy groups -OCH3 is 1. The summed E-state index contributed by atoms with van der Waals surface area (Å²) in [5, 5.41) is 2.71. The summed E-state index contributed by atoms with van der Waals surface area (Å²) in [5.74, 6) is -1.10. The number of nitrogens with one attached hydrogen (secondary N) is 1. The number of hydrogen-bond acceptors (Lipinski definition) is 6. The summed E-state index contributed by atoms with van der Waals surface area (Å²) in [7, 11) is 1.50. The second kappa shape index (κ2) is 9.80. The van der Waals surface area contributed by atoms with Crippen LogP contribution in [0.5, 0.6) is 5.75 Å². The first-order valence-electron chi connectivity index (χ1n) is 8.48. The number of carbonyl (C=O) groups excluding carboxylic acids is 3. The molecule has 8 heteroatoms. The van der Waals surface area contributed by atoms with Crippen LogP contribution in [0.3, 0.4) is 0 Å². The number of primary amides is 1. The summed E-state index contributed by atoms with van der Waals surface area (Å²) in [6.07, 6.45) is -1.04. The smallest absolute Gasteiger partial charge is 0.340 e. The van der Waals surface area contributed by atoms with Crippen molar-refractivity contribution < 1.29 is 23.9 Å². The van der Waals surface area contributed by atoms with Crippen LogP contribution in [0.1, 0.15) is 22.8 Å². The number of ether oxygens (including phenoxy) is 2. The Morgan fingerprint density at radius 3 is 2.57 bits per heavy atom. The van der Waals surface area contributed by atoms with E-state index in [0.29, 0.717) is 16.3 Å². The standard InChI is InChI=1S/C20H22N2O5S/c1-12-8-9-16(26-3)15(10-12)22-19(24)13(2)27-20(25)14-6-4-5-7-17(14)28-11-18(21)23/h4-10,13H,11H2,1-3H3,(H2,21,23)(H,22,24). The summed E-state index contributed by atoms with van der Waals surface area (Å²) in [6.45, 7) is 3.37. The van der Waals surface area contributed by atoms with Crippen molar-refractivity contribution >= 4 is 35.2 Å². The summed E-state index contributed by atoms with van der Waals surface area (Å²) in [4.78, 5) is 36.5. The zero-order valence-electron chi connectivity index (χ0n) is 15.9. The lowest BCUT2D eigenvalue weighted by molar-refractivity contribution is -0.123.